The minimum atomic E-state index is -1.94. The van der Waals surface area contributed by atoms with E-state index in [0.717, 1.165) is 30.2 Å². The number of hydrogen-bond donors (Lipinski definition) is 1. The van der Waals surface area contributed by atoms with E-state index in [1.807, 2.05) is 6.07 Å². The first-order valence-corrected chi connectivity index (χ1v) is 10.8. The highest BCUT2D eigenvalue weighted by atomic mass is 28.3. The molecule has 1 aromatic carbocycles. The summed E-state index contributed by atoms with van der Waals surface area (Å²) in [6.45, 7) is 11.9. The van der Waals surface area contributed by atoms with Gasteiger partial charge in [0.25, 0.3) is 0 Å². The first-order valence-electron chi connectivity index (χ1n) is 7.83. The van der Waals surface area contributed by atoms with Crippen LogP contribution in [-0.2, 0) is 10.2 Å². The predicted molar refractivity (Wildman–Crippen MR) is 90.7 cm³/mol. The molecule has 1 aromatic rings. The zero-order valence-electron chi connectivity index (χ0n) is 14.2. The van der Waals surface area contributed by atoms with Gasteiger partial charge in [-0.1, -0.05) is 52.1 Å². The van der Waals surface area contributed by atoms with E-state index in [1.165, 1.54) is 0 Å². The molecule has 1 unspecified atom stereocenters. The second-order valence-corrected chi connectivity index (χ2v) is 12.0. The van der Waals surface area contributed by atoms with Gasteiger partial charge in [0.15, 0.2) is 8.24 Å². The highest BCUT2D eigenvalue weighted by molar-refractivity contribution is 6.88. The molecule has 0 amide bonds. The average molecular weight is 308 g/mol. The number of aromatic hydroxyl groups is 1. The van der Waals surface area contributed by atoms with Crippen LogP contribution in [0.25, 0.3) is 0 Å². The Balaban J connectivity index is 2.40. The van der Waals surface area contributed by atoms with Gasteiger partial charge in [0.05, 0.1) is 0 Å². The van der Waals surface area contributed by atoms with Gasteiger partial charge in [-0.3, -0.25) is 4.57 Å². The summed E-state index contributed by atoms with van der Waals surface area (Å²) in [5.41, 5.74) is 0.980. The third kappa shape index (κ3) is 3.17. The molecule has 1 saturated heterocycles. The molecule has 1 heterocycles. The predicted octanol–water partition coefficient (Wildman–Crippen LogP) is 3.17. The number of benzene rings is 1. The van der Waals surface area contributed by atoms with Crippen LogP contribution in [-0.4, -0.2) is 37.8 Å². The van der Waals surface area contributed by atoms with E-state index in [4.69, 9.17) is 4.74 Å². The van der Waals surface area contributed by atoms with Gasteiger partial charge in [0, 0.05) is 6.61 Å². The molecule has 0 aromatic heterocycles. The maximum absolute atomic E-state index is 10.8. The van der Waals surface area contributed by atoms with Crippen LogP contribution in [0.2, 0.25) is 13.1 Å². The van der Waals surface area contributed by atoms with Crippen molar-refractivity contribution in [1.82, 2.24) is 4.57 Å². The van der Waals surface area contributed by atoms with Gasteiger partial charge in [0.2, 0.25) is 0 Å². The molecule has 1 N–H and O–H groups in total. The fourth-order valence-electron chi connectivity index (χ4n) is 3.06. The van der Waals surface area contributed by atoms with Gasteiger partial charge < -0.3 is 9.84 Å². The summed E-state index contributed by atoms with van der Waals surface area (Å²) in [6, 6.07) is 6.20. The lowest BCUT2D eigenvalue weighted by Crippen LogP contribution is -2.59. The Bertz CT molecular complexity index is 502. The van der Waals surface area contributed by atoms with Crippen LogP contribution in [0.5, 0.6) is 5.75 Å². The standard InChI is InChI=1S/C17H29NO2Si/c1-17(2,3)13-9-7-10-14(16(13)19)21(5,6)18(4)15-11-8-12-20-15/h7,9-10,15,19H,8,11-12H2,1-6H3. The van der Waals surface area contributed by atoms with Crippen molar-refractivity contribution in [3.05, 3.63) is 23.8 Å². The largest absolute Gasteiger partial charge is 0.508 e. The molecule has 1 fully saturated rings. The molecule has 0 aliphatic carbocycles. The van der Waals surface area contributed by atoms with Crippen molar-refractivity contribution in [1.29, 1.82) is 0 Å². The number of para-hydroxylation sites is 1. The Morgan fingerprint density at radius 3 is 2.48 bits per heavy atom. The van der Waals surface area contributed by atoms with Crippen molar-refractivity contribution < 1.29 is 9.84 Å². The Morgan fingerprint density at radius 2 is 1.95 bits per heavy atom. The van der Waals surface area contributed by atoms with E-state index < -0.39 is 8.24 Å². The summed E-state index contributed by atoms with van der Waals surface area (Å²) < 4.78 is 8.22. The average Bonchev–Trinajstić information content (AvgIpc) is 2.90. The third-order valence-corrected chi connectivity index (χ3v) is 8.50. The first-order chi connectivity index (χ1) is 9.65. The molecule has 3 nitrogen and oxygen atoms in total. The van der Waals surface area contributed by atoms with E-state index in [1.54, 1.807) is 0 Å². The molecule has 1 aliphatic heterocycles. The molecule has 0 spiro atoms. The van der Waals surface area contributed by atoms with Crippen molar-refractivity contribution in [3.63, 3.8) is 0 Å². The van der Waals surface area contributed by atoms with Crippen molar-refractivity contribution in [3.8, 4) is 5.75 Å². The van der Waals surface area contributed by atoms with Gasteiger partial charge in [-0.25, -0.2) is 0 Å². The normalized spacial score (nSPS) is 20.2. The summed E-state index contributed by atoms with van der Waals surface area (Å²) in [7, 11) is 0.200. The van der Waals surface area contributed by atoms with Gasteiger partial charge in [0.1, 0.15) is 12.0 Å². The van der Waals surface area contributed by atoms with Crippen molar-refractivity contribution in [2.24, 2.45) is 0 Å². The number of phenols is 1. The van der Waals surface area contributed by atoms with Crippen LogP contribution in [0.3, 0.4) is 0 Å². The first kappa shape index (κ1) is 16.5. The number of ether oxygens (including phenoxy) is 1. The quantitative estimate of drug-likeness (QED) is 0.871. The monoisotopic (exact) mass is 307 g/mol. The maximum atomic E-state index is 10.8. The number of nitrogens with zero attached hydrogens (tertiary/aromatic N) is 1. The van der Waals surface area contributed by atoms with E-state index >= 15 is 0 Å². The fourth-order valence-corrected chi connectivity index (χ4v) is 5.58. The lowest BCUT2D eigenvalue weighted by Gasteiger charge is -2.38. The van der Waals surface area contributed by atoms with Crippen LogP contribution < -0.4 is 5.19 Å². The molecule has 0 bridgehead atoms. The minimum absolute atomic E-state index is 0.0486. The van der Waals surface area contributed by atoms with Gasteiger partial charge in [-0.15, -0.1) is 0 Å². The smallest absolute Gasteiger partial charge is 0.160 e. The molecule has 1 aliphatic rings. The third-order valence-electron chi connectivity index (χ3n) is 4.72. The molecule has 2 rings (SSSR count). The summed E-state index contributed by atoms with van der Waals surface area (Å²) in [6.07, 6.45) is 2.42. The minimum Gasteiger partial charge on any atom is -0.508 e. The molecule has 4 heteroatoms. The van der Waals surface area contributed by atoms with E-state index in [0.29, 0.717) is 5.75 Å². The van der Waals surface area contributed by atoms with E-state index in [-0.39, 0.29) is 11.6 Å². The lowest BCUT2D eigenvalue weighted by atomic mass is 9.86. The second kappa shape index (κ2) is 5.74. The Kier molecular flexibility index (Phi) is 4.52. The van der Waals surface area contributed by atoms with E-state index in [2.05, 4.69) is 57.6 Å². The molecule has 21 heavy (non-hydrogen) atoms. The molecule has 0 radical (unpaired) electrons. The van der Waals surface area contributed by atoms with Crippen LogP contribution >= 0.6 is 0 Å². The highest BCUT2D eigenvalue weighted by Crippen LogP contribution is 2.31. The Morgan fingerprint density at radius 1 is 1.29 bits per heavy atom. The SMILES string of the molecule is CN(C1CCCO1)[Si](C)(C)c1cccc(C(C)(C)C)c1O. The topological polar surface area (TPSA) is 32.7 Å². The van der Waals surface area contributed by atoms with Crippen LogP contribution in [0.4, 0.5) is 0 Å². The second-order valence-electron chi connectivity index (χ2n) is 7.59. The van der Waals surface area contributed by atoms with Crippen LogP contribution in [0.1, 0.15) is 39.2 Å². The summed E-state index contributed by atoms with van der Waals surface area (Å²) in [4.78, 5) is 0. The number of hydrogen-bond acceptors (Lipinski definition) is 3. The molecule has 0 saturated carbocycles. The number of phenolic OH excluding ortho intramolecular Hbond substituents is 1. The molecule has 118 valence electrons. The zero-order valence-corrected chi connectivity index (χ0v) is 15.2. The van der Waals surface area contributed by atoms with Gasteiger partial charge in [-0.05, 0) is 36.1 Å². The summed E-state index contributed by atoms with van der Waals surface area (Å²) in [5, 5.41) is 11.9. The summed E-state index contributed by atoms with van der Waals surface area (Å²) in [5.74, 6) is 0.478. The lowest BCUT2D eigenvalue weighted by molar-refractivity contribution is 0.0348. The zero-order chi connectivity index (χ0) is 15.8. The van der Waals surface area contributed by atoms with Gasteiger partial charge >= 0.3 is 0 Å². The Labute approximate surface area is 130 Å². The fraction of sp³-hybridized carbons (Fsp3) is 0.647. The van der Waals surface area contributed by atoms with E-state index in [9.17, 15) is 5.11 Å². The van der Waals surface area contributed by atoms with Crippen LogP contribution in [0, 0.1) is 0 Å². The molecular weight excluding hydrogens is 278 g/mol. The summed E-state index contributed by atoms with van der Waals surface area (Å²) >= 11 is 0. The van der Waals surface area contributed by atoms with Crippen molar-refractivity contribution >= 4 is 13.4 Å². The molecule has 1 atom stereocenters. The Hall–Kier alpha value is -0.843. The van der Waals surface area contributed by atoms with Crippen molar-refractivity contribution in [2.75, 3.05) is 13.7 Å². The van der Waals surface area contributed by atoms with Gasteiger partial charge in [-0.2, -0.15) is 0 Å². The highest BCUT2D eigenvalue weighted by Gasteiger charge is 2.38. The maximum Gasteiger partial charge on any atom is 0.160 e. The molecular formula is C17H29NO2Si. The van der Waals surface area contributed by atoms with Crippen LogP contribution in [0.15, 0.2) is 18.2 Å². The number of rotatable bonds is 3. The van der Waals surface area contributed by atoms with Crippen molar-refractivity contribution in [2.45, 2.75) is 58.3 Å².